The molecule has 212 valence electrons. The van der Waals surface area contributed by atoms with Crippen LogP contribution in [0.2, 0.25) is 0 Å². The molecule has 0 bridgehead atoms. The predicted octanol–water partition coefficient (Wildman–Crippen LogP) is 0.717. The molecule has 3 rings (SSSR count). The summed E-state index contributed by atoms with van der Waals surface area (Å²) in [6, 6.07) is 11.7. The third-order valence-corrected chi connectivity index (χ3v) is 6.15. The second kappa shape index (κ2) is 13.1. The number of esters is 1. The number of aromatic nitrogens is 1. The quantitative estimate of drug-likeness (QED) is 0.105. The molecular formula is C26H31N7O7. The smallest absolute Gasteiger partial charge is 0.407 e. The van der Waals surface area contributed by atoms with Crippen molar-refractivity contribution in [2.45, 2.75) is 31.3 Å². The van der Waals surface area contributed by atoms with Gasteiger partial charge in [-0.1, -0.05) is 29.4 Å². The van der Waals surface area contributed by atoms with Crippen LogP contribution in [0.1, 0.15) is 29.5 Å². The highest BCUT2D eigenvalue weighted by Gasteiger charge is 2.41. The molecule has 0 saturated carbocycles. The number of anilines is 1. The summed E-state index contributed by atoms with van der Waals surface area (Å²) in [7, 11) is 2.33. The fraction of sp³-hybridized carbons (Fsp3) is 0.308. The summed E-state index contributed by atoms with van der Waals surface area (Å²) in [4.78, 5) is 50.4. The van der Waals surface area contributed by atoms with E-state index < -0.39 is 36.0 Å². The lowest BCUT2D eigenvalue weighted by atomic mass is 9.84. The van der Waals surface area contributed by atoms with Crippen molar-refractivity contribution in [2.24, 2.45) is 5.73 Å². The molecule has 0 aliphatic heterocycles. The minimum atomic E-state index is -1.71. The topological polar surface area (TPSA) is 225 Å². The van der Waals surface area contributed by atoms with Crippen LogP contribution in [-0.2, 0) is 36.8 Å². The minimum absolute atomic E-state index is 0.103. The second-order valence-corrected chi connectivity index (χ2v) is 8.92. The van der Waals surface area contributed by atoms with E-state index in [1.54, 1.807) is 42.5 Å². The van der Waals surface area contributed by atoms with Gasteiger partial charge in [0, 0.05) is 24.9 Å². The highest BCUT2D eigenvalue weighted by Crippen LogP contribution is 2.23. The Labute approximate surface area is 229 Å². The number of methoxy groups -OCH3 is 2. The van der Waals surface area contributed by atoms with Crippen LogP contribution in [0.15, 0.2) is 47.0 Å². The van der Waals surface area contributed by atoms with E-state index in [1.165, 1.54) is 7.11 Å². The molecule has 1 heterocycles. The molecule has 2 aromatic carbocycles. The van der Waals surface area contributed by atoms with Crippen molar-refractivity contribution >= 4 is 46.5 Å². The van der Waals surface area contributed by atoms with E-state index >= 15 is 0 Å². The molecule has 0 radical (unpaired) electrons. The standard InChI is InChI=1S/C26H31N7O7/c1-38-21(35)8-9-26(32-25(37)39-2,12-15-4-3-5-17(10-15)22(27)28)24(36)31-14-20(34)30-13-16-6-7-18-19(11-16)40-33-23(18)29/h3-7,10-11H,8-9,12-14H2,1-2H3,(H3,27,28)(H2,29,33)(H,30,34)(H,31,36)(H,32,37)/t26-/m1/s1. The Morgan fingerprint density at radius 2 is 1.82 bits per heavy atom. The largest absolute Gasteiger partial charge is 0.469 e. The van der Waals surface area contributed by atoms with Crippen LogP contribution in [0.3, 0.4) is 0 Å². The Morgan fingerprint density at radius 3 is 2.52 bits per heavy atom. The lowest BCUT2D eigenvalue weighted by Gasteiger charge is -2.33. The van der Waals surface area contributed by atoms with E-state index in [-0.39, 0.29) is 37.5 Å². The van der Waals surface area contributed by atoms with Crippen molar-refractivity contribution in [1.82, 2.24) is 21.1 Å². The third-order valence-electron chi connectivity index (χ3n) is 6.15. The molecule has 14 nitrogen and oxygen atoms in total. The van der Waals surface area contributed by atoms with E-state index in [9.17, 15) is 19.2 Å². The SMILES string of the molecule is COC(=O)CC[C@](Cc1cccc(C(=N)N)c1)(NC(=O)OC)C(=O)NCC(=O)NCc1ccc2c(N)noc2c1. The molecule has 0 aliphatic carbocycles. The molecule has 0 aliphatic rings. The molecule has 1 aromatic heterocycles. The molecule has 1 atom stereocenters. The summed E-state index contributed by atoms with van der Waals surface area (Å²) in [5, 5.41) is 19.8. The van der Waals surface area contributed by atoms with Crippen molar-refractivity contribution in [1.29, 1.82) is 5.41 Å². The molecule has 3 amide bonds. The van der Waals surface area contributed by atoms with Crippen molar-refractivity contribution in [3.05, 3.63) is 59.2 Å². The number of nitrogens with two attached hydrogens (primary N) is 2. The maximum absolute atomic E-state index is 13.6. The fourth-order valence-electron chi connectivity index (χ4n) is 4.01. The van der Waals surface area contributed by atoms with Crippen molar-refractivity contribution in [2.75, 3.05) is 26.5 Å². The van der Waals surface area contributed by atoms with E-state index in [4.69, 9.17) is 30.9 Å². The molecule has 40 heavy (non-hydrogen) atoms. The van der Waals surface area contributed by atoms with Crippen molar-refractivity contribution in [3.8, 4) is 0 Å². The van der Waals surface area contributed by atoms with Gasteiger partial charge in [0.1, 0.15) is 11.4 Å². The molecular weight excluding hydrogens is 522 g/mol. The average Bonchev–Trinajstić information content (AvgIpc) is 3.32. The summed E-state index contributed by atoms with van der Waals surface area (Å²) in [6.45, 7) is -0.288. The first-order chi connectivity index (χ1) is 19.1. The number of alkyl carbamates (subject to hydrolysis) is 1. The summed E-state index contributed by atoms with van der Waals surface area (Å²) < 4.78 is 14.6. The van der Waals surface area contributed by atoms with Gasteiger partial charge in [0.2, 0.25) is 11.8 Å². The molecule has 0 unspecified atom stereocenters. The fourth-order valence-corrected chi connectivity index (χ4v) is 4.01. The predicted molar refractivity (Wildman–Crippen MR) is 144 cm³/mol. The number of nitrogens with zero attached hydrogens (tertiary/aromatic N) is 1. The molecule has 8 N–H and O–H groups in total. The van der Waals surface area contributed by atoms with Gasteiger partial charge in [0.15, 0.2) is 11.4 Å². The van der Waals surface area contributed by atoms with E-state index in [0.29, 0.717) is 27.7 Å². The Bertz CT molecular complexity index is 1420. The number of carbonyl (C=O) groups is 4. The first-order valence-corrected chi connectivity index (χ1v) is 12.1. The first kappa shape index (κ1) is 29.4. The van der Waals surface area contributed by atoms with Gasteiger partial charge in [0.25, 0.3) is 0 Å². The van der Waals surface area contributed by atoms with Gasteiger partial charge in [-0.05, 0) is 35.7 Å². The van der Waals surface area contributed by atoms with Gasteiger partial charge in [0.05, 0.1) is 26.2 Å². The summed E-state index contributed by atoms with van der Waals surface area (Å²) >= 11 is 0. The molecule has 14 heteroatoms. The van der Waals surface area contributed by atoms with Crippen LogP contribution < -0.4 is 27.4 Å². The summed E-state index contributed by atoms with van der Waals surface area (Å²) in [6.07, 6.45) is -1.42. The summed E-state index contributed by atoms with van der Waals surface area (Å²) in [5.41, 5.74) is 11.7. The Hall–Kier alpha value is -5.14. The van der Waals surface area contributed by atoms with Gasteiger partial charge < -0.3 is 41.4 Å². The number of rotatable bonds is 12. The van der Waals surface area contributed by atoms with E-state index in [1.807, 2.05) is 0 Å². The number of amides is 3. The van der Waals surface area contributed by atoms with Crippen LogP contribution in [0.25, 0.3) is 11.0 Å². The van der Waals surface area contributed by atoms with E-state index in [0.717, 1.165) is 7.11 Å². The normalized spacial score (nSPS) is 12.2. The Kier molecular flexibility index (Phi) is 9.62. The van der Waals surface area contributed by atoms with Crippen molar-refractivity contribution in [3.63, 3.8) is 0 Å². The third kappa shape index (κ3) is 7.46. The van der Waals surface area contributed by atoms with Crippen LogP contribution >= 0.6 is 0 Å². The van der Waals surface area contributed by atoms with Gasteiger partial charge >= 0.3 is 12.1 Å². The van der Waals surface area contributed by atoms with Crippen molar-refractivity contribution < 1.29 is 33.2 Å². The molecule has 3 aromatic rings. The Balaban J connectivity index is 1.76. The minimum Gasteiger partial charge on any atom is -0.469 e. The van der Waals surface area contributed by atoms with E-state index in [2.05, 4.69) is 21.1 Å². The number of nitrogen functional groups attached to an aromatic ring is 2. The summed E-state index contributed by atoms with van der Waals surface area (Å²) in [5.74, 6) is -1.77. The molecule has 0 fully saturated rings. The zero-order valence-corrected chi connectivity index (χ0v) is 22.0. The number of ether oxygens (including phenoxy) is 2. The average molecular weight is 554 g/mol. The number of benzene rings is 2. The van der Waals surface area contributed by atoms with Gasteiger partial charge in [-0.2, -0.15) is 0 Å². The zero-order chi connectivity index (χ0) is 29.3. The maximum atomic E-state index is 13.6. The second-order valence-electron chi connectivity index (χ2n) is 8.92. The maximum Gasteiger partial charge on any atom is 0.407 e. The number of carbonyl (C=O) groups excluding carboxylic acids is 4. The number of hydrogen-bond acceptors (Lipinski definition) is 10. The number of fused-ring (bicyclic) bond motifs is 1. The van der Waals surface area contributed by atoms with Crippen LogP contribution in [0, 0.1) is 5.41 Å². The van der Waals surface area contributed by atoms with Crippen LogP contribution in [-0.4, -0.2) is 61.2 Å². The van der Waals surface area contributed by atoms with Gasteiger partial charge in [-0.25, -0.2) is 4.79 Å². The number of nitrogens with one attached hydrogen (secondary N) is 4. The first-order valence-electron chi connectivity index (χ1n) is 12.1. The number of amidine groups is 1. The zero-order valence-electron chi connectivity index (χ0n) is 22.0. The lowest BCUT2D eigenvalue weighted by molar-refractivity contribution is -0.141. The molecule has 0 saturated heterocycles. The Morgan fingerprint density at radius 1 is 1.05 bits per heavy atom. The lowest BCUT2D eigenvalue weighted by Crippen LogP contribution is -2.61. The highest BCUT2D eigenvalue weighted by molar-refractivity contribution is 5.96. The van der Waals surface area contributed by atoms with Gasteiger partial charge in [-0.3, -0.25) is 19.8 Å². The highest BCUT2D eigenvalue weighted by atomic mass is 16.5. The monoisotopic (exact) mass is 553 g/mol. The molecule has 0 spiro atoms. The number of hydrogen-bond donors (Lipinski definition) is 6. The van der Waals surface area contributed by atoms with Gasteiger partial charge in [-0.15, -0.1) is 0 Å². The van der Waals surface area contributed by atoms with Crippen LogP contribution in [0.5, 0.6) is 0 Å². The van der Waals surface area contributed by atoms with Crippen LogP contribution in [0.4, 0.5) is 10.6 Å².